The van der Waals surface area contributed by atoms with Gasteiger partial charge in [-0.15, -0.1) is 11.8 Å². The lowest BCUT2D eigenvalue weighted by Crippen LogP contribution is -2.11. The highest BCUT2D eigenvalue weighted by molar-refractivity contribution is 8.00. The molecule has 0 amide bonds. The van der Waals surface area contributed by atoms with Crippen LogP contribution in [0.25, 0.3) is 0 Å². The molecular weight excluding hydrogens is 287 g/mol. The van der Waals surface area contributed by atoms with Crippen molar-refractivity contribution in [2.75, 3.05) is 17.3 Å². The Morgan fingerprint density at radius 3 is 2.74 bits per heavy atom. The zero-order chi connectivity index (χ0) is 14.3. The van der Waals surface area contributed by atoms with Crippen molar-refractivity contribution < 1.29 is 17.6 Å². The van der Waals surface area contributed by atoms with Gasteiger partial charge in [-0.05, 0) is 24.6 Å². The molecule has 1 aromatic rings. The first kappa shape index (κ1) is 16.2. The van der Waals surface area contributed by atoms with Crippen LogP contribution < -0.4 is 0 Å². The Kier molecular flexibility index (Phi) is 6.51. The number of thioether (sulfide) groups is 1. The van der Waals surface area contributed by atoms with Crippen molar-refractivity contribution in [3.63, 3.8) is 0 Å². The summed E-state index contributed by atoms with van der Waals surface area (Å²) in [5, 5.41) is 0. The molecule has 0 unspecified atom stereocenters. The lowest BCUT2D eigenvalue weighted by atomic mass is 10.2. The molecule has 6 heteroatoms. The first-order chi connectivity index (χ1) is 8.93. The molecule has 3 nitrogen and oxygen atoms in total. The van der Waals surface area contributed by atoms with Crippen LogP contribution in [0.1, 0.15) is 19.8 Å². The van der Waals surface area contributed by atoms with Crippen LogP contribution in [-0.2, 0) is 14.6 Å². The van der Waals surface area contributed by atoms with Crippen LogP contribution in [0.3, 0.4) is 0 Å². The number of hydrogen-bond acceptors (Lipinski definition) is 4. The first-order valence-corrected chi connectivity index (χ1v) is 8.84. The SMILES string of the molecule is CCS(=O)(=O)CCCC(=O)CSc1cccc(F)c1. The van der Waals surface area contributed by atoms with E-state index in [2.05, 4.69) is 0 Å². The second-order valence-corrected chi connectivity index (χ2v) is 7.65. The molecule has 0 spiro atoms. The highest BCUT2D eigenvalue weighted by atomic mass is 32.2. The molecule has 1 aromatic carbocycles. The topological polar surface area (TPSA) is 51.2 Å². The summed E-state index contributed by atoms with van der Waals surface area (Å²) in [6, 6.07) is 6.06. The van der Waals surface area contributed by atoms with Gasteiger partial charge in [0.05, 0.1) is 11.5 Å². The minimum atomic E-state index is -3.00. The summed E-state index contributed by atoms with van der Waals surface area (Å²) >= 11 is 1.27. The van der Waals surface area contributed by atoms with Gasteiger partial charge in [0, 0.05) is 17.1 Å². The molecule has 19 heavy (non-hydrogen) atoms. The van der Waals surface area contributed by atoms with Gasteiger partial charge < -0.3 is 0 Å². The van der Waals surface area contributed by atoms with E-state index in [-0.39, 0.29) is 35.3 Å². The third-order valence-electron chi connectivity index (χ3n) is 2.55. The molecule has 0 saturated carbocycles. The molecule has 0 fully saturated rings. The van der Waals surface area contributed by atoms with Gasteiger partial charge in [0.25, 0.3) is 0 Å². The van der Waals surface area contributed by atoms with Gasteiger partial charge in [-0.3, -0.25) is 4.79 Å². The normalized spacial score (nSPS) is 11.5. The summed E-state index contributed by atoms with van der Waals surface area (Å²) < 4.78 is 35.4. The second-order valence-electron chi connectivity index (χ2n) is 4.12. The Hall–Kier alpha value is -0.880. The summed E-state index contributed by atoms with van der Waals surface area (Å²) in [6.07, 6.45) is 0.611. The van der Waals surface area contributed by atoms with E-state index in [1.54, 1.807) is 19.1 Å². The third-order valence-corrected chi connectivity index (χ3v) is 5.39. The van der Waals surface area contributed by atoms with Gasteiger partial charge in [-0.25, -0.2) is 12.8 Å². The van der Waals surface area contributed by atoms with Gasteiger partial charge in [-0.1, -0.05) is 13.0 Å². The second kappa shape index (κ2) is 7.65. The lowest BCUT2D eigenvalue weighted by Gasteiger charge is -2.02. The summed E-state index contributed by atoms with van der Waals surface area (Å²) in [6.45, 7) is 1.59. The zero-order valence-electron chi connectivity index (χ0n) is 10.8. The number of sulfone groups is 1. The molecular formula is C13H17FO3S2. The fraction of sp³-hybridized carbons (Fsp3) is 0.462. The Morgan fingerprint density at radius 1 is 1.37 bits per heavy atom. The largest absolute Gasteiger partial charge is 0.299 e. The molecule has 0 atom stereocenters. The average Bonchev–Trinajstić information content (AvgIpc) is 2.36. The highest BCUT2D eigenvalue weighted by Crippen LogP contribution is 2.19. The molecule has 0 aliphatic rings. The van der Waals surface area contributed by atoms with Gasteiger partial charge in [0.15, 0.2) is 0 Å². The summed E-state index contributed by atoms with van der Waals surface area (Å²) in [5.41, 5.74) is 0. The number of benzene rings is 1. The minimum absolute atomic E-state index is 0.0134. The van der Waals surface area contributed by atoms with Crippen LogP contribution in [0.2, 0.25) is 0 Å². The van der Waals surface area contributed by atoms with Gasteiger partial charge in [-0.2, -0.15) is 0 Å². The standard InChI is InChI=1S/C13H17FO3S2/c1-2-19(16,17)8-4-6-12(15)10-18-13-7-3-5-11(14)9-13/h3,5,7,9H,2,4,6,8,10H2,1H3. The Morgan fingerprint density at radius 2 is 2.11 bits per heavy atom. The summed E-state index contributed by atoms with van der Waals surface area (Å²) in [5.74, 6) is 0.0707. The molecule has 1 rings (SSSR count). The number of halogens is 1. The number of Topliss-reactive ketones (excluding diaryl/α,β-unsaturated/α-hetero) is 1. The van der Waals surface area contributed by atoms with Crippen molar-refractivity contribution in [2.45, 2.75) is 24.7 Å². The van der Waals surface area contributed by atoms with E-state index in [0.29, 0.717) is 11.3 Å². The van der Waals surface area contributed by atoms with E-state index in [1.807, 2.05) is 0 Å². The van der Waals surface area contributed by atoms with Crippen LogP contribution >= 0.6 is 11.8 Å². The maximum atomic E-state index is 12.9. The Labute approximate surface area is 117 Å². The molecule has 0 aliphatic heterocycles. The molecule has 0 heterocycles. The smallest absolute Gasteiger partial charge is 0.150 e. The number of carbonyl (C=O) groups excluding carboxylic acids is 1. The monoisotopic (exact) mass is 304 g/mol. The van der Waals surface area contributed by atoms with E-state index < -0.39 is 9.84 Å². The molecule has 0 aromatic heterocycles. The predicted molar refractivity (Wildman–Crippen MR) is 75.7 cm³/mol. The first-order valence-electron chi connectivity index (χ1n) is 6.03. The molecule has 106 valence electrons. The van der Waals surface area contributed by atoms with Crippen LogP contribution in [0.5, 0.6) is 0 Å². The van der Waals surface area contributed by atoms with E-state index in [0.717, 1.165) is 0 Å². The zero-order valence-corrected chi connectivity index (χ0v) is 12.4. The molecule has 0 bridgehead atoms. The van der Waals surface area contributed by atoms with Crippen LogP contribution in [0.4, 0.5) is 4.39 Å². The molecule has 0 N–H and O–H groups in total. The number of carbonyl (C=O) groups is 1. The van der Waals surface area contributed by atoms with E-state index >= 15 is 0 Å². The number of rotatable bonds is 8. The van der Waals surface area contributed by atoms with Crippen molar-refractivity contribution >= 4 is 27.4 Å². The van der Waals surface area contributed by atoms with E-state index in [1.165, 1.54) is 23.9 Å². The van der Waals surface area contributed by atoms with E-state index in [4.69, 9.17) is 0 Å². The number of ketones is 1. The fourth-order valence-corrected chi connectivity index (χ4v) is 3.14. The van der Waals surface area contributed by atoms with Crippen molar-refractivity contribution in [3.8, 4) is 0 Å². The molecule has 0 saturated heterocycles. The summed E-state index contributed by atoms with van der Waals surface area (Å²) in [7, 11) is -3.00. The van der Waals surface area contributed by atoms with Crippen molar-refractivity contribution in [2.24, 2.45) is 0 Å². The predicted octanol–water partition coefficient (Wildman–Crippen LogP) is 2.70. The Bertz CT molecular complexity index is 526. The molecule has 0 radical (unpaired) electrons. The highest BCUT2D eigenvalue weighted by Gasteiger charge is 2.09. The van der Waals surface area contributed by atoms with Crippen molar-refractivity contribution in [3.05, 3.63) is 30.1 Å². The average molecular weight is 304 g/mol. The van der Waals surface area contributed by atoms with Crippen LogP contribution in [-0.4, -0.2) is 31.5 Å². The molecule has 0 aliphatic carbocycles. The fourth-order valence-electron chi connectivity index (χ4n) is 1.43. The maximum absolute atomic E-state index is 12.9. The van der Waals surface area contributed by atoms with Gasteiger partial charge >= 0.3 is 0 Å². The third kappa shape index (κ3) is 6.73. The van der Waals surface area contributed by atoms with Crippen LogP contribution in [0.15, 0.2) is 29.2 Å². The number of hydrogen-bond donors (Lipinski definition) is 0. The van der Waals surface area contributed by atoms with Gasteiger partial charge in [0.2, 0.25) is 0 Å². The Balaban J connectivity index is 2.29. The van der Waals surface area contributed by atoms with Crippen molar-refractivity contribution in [1.29, 1.82) is 0 Å². The van der Waals surface area contributed by atoms with E-state index in [9.17, 15) is 17.6 Å². The van der Waals surface area contributed by atoms with Crippen LogP contribution in [0, 0.1) is 5.82 Å². The minimum Gasteiger partial charge on any atom is -0.299 e. The lowest BCUT2D eigenvalue weighted by molar-refractivity contribution is -0.116. The van der Waals surface area contributed by atoms with Gasteiger partial charge in [0.1, 0.15) is 21.4 Å². The summed E-state index contributed by atoms with van der Waals surface area (Å²) in [4.78, 5) is 12.3. The quantitative estimate of drug-likeness (QED) is 0.693. The maximum Gasteiger partial charge on any atom is 0.150 e. The van der Waals surface area contributed by atoms with Crippen molar-refractivity contribution in [1.82, 2.24) is 0 Å².